The Labute approximate surface area is 232 Å². The fourth-order valence-electron chi connectivity index (χ4n) is 5.00. The summed E-state index contributed by atoms with van der Waals surface area (Å²) in [6.45, 7) is 5.87. The van der Waals surface area contributed by atoms with Crippen LogP contribution in [0.2, 0.25) is 10.0 Å². The Hall–Kier alpha value is -2.11. The Balaban J connectivity index is 1.71. The molecular formula is C26H32Cl2FN3O5S. The summed E-state index contributed by atoms with van der Waals surface area (Å²) in [5, 5.41) is 9.53. The fraction of sp³-hybridized carbons (Fsp3) is 0.500. The van der Waals surface area contributed by atoms with Crippen molar-refractivity contribution >= 4 is 44.8 Å². The number of likely N-dealkylation sites (tertiary alicyclic amines) is 1. The third-order valence-corrected chi connectivity index (χ3v) is 9.84. The molecule has 4 rings (SSSR count). The van der Waals surface area contributed by atoms with Crippen molar-refractivity contribution in [3.8, 4) is 5.75 Å². The van der Waals surface area contributed by atoms with Crippen LogP contribution in [0.5, 0.6) is 5.75 Å². The second-order valence-corrected chi connectivity index (χ2v) is 13.4. The van der Waals surface area contributed by atoms with Crippen LogP contribution in [0.1, 0.15) is 44.0 Å². The largest absolute Gasteiger partial charge is 0.487 e. The number of halogens is 3. The summed E-state index contributed by atoms with van der Waals surface area (Å²) in [4.78, 5) is 17.1. The van der Waals surface area contributed by atoms with Crippen LogP contribution in [0.25, 0.3) is 0 Å². The molecule has 2 atom stereocenters. The molecule has 38 heavy (non-hydrogen) atoms. The number of anilines is 1. The maximum atomic E-state index is 13.5. The van der Waals surface area contributed by atoms with Gasteiger partial charge in [0.1, 0.15) is 12.4 Å². The van der Waals surface area contributed by atoms with Crippen molar-refractivity contribution in [1.82, 2.24) is 9.21 Å². The van der Waals surface area contributed by atoms with Crippen LogP contribution >= 0.6 is 23.2 Å². The number of carbonyl (C=O) groups excluding carboxylic acids is 1. The van der Waals surface area contributed by atoms with Crippen molar-refractivity contribution in [2.24, 2.45) is 0 Å². The number of nitrogens with zero attached hydrogens (tertiary/aromatic N) is 3. The van der Waals surface area contributed by atoms with Crippen LogP contribution in [0.3, 0.4) is 0 Å². The van der Waals surface area contributed by atoms with E-state index >= 15 is 0 Å². The molecule has 2 aromatic rings. The highest BCUT2D eigenvalue weighted by Crippen LogP contribution is 2.45. The molecule has 2 aliphatic rings. The van der Waals surface area contributed by atoms with E-state index in [1.54, 1.807) is 31.7 Å². The van der Waals surface area contributed by atoms with Gasteiger partial charge in [0.25, 0.3) is 5.91 Å². The van der Waals surface area contributed by atoms with Gasteiger partial charge in [-0.2, -0.15) is 4.31 Å². The van der Waals surface area contributed by atoms with E-state index in [4.69, 9.17) is 27.9 Å². The summed E-state index contributed by atoms with van der Waals surface area (Å²) >= 11 is 12.7. The summed E-state index contributed by atoms with van der Waals surface area (Å²) in [5.74, 6) is -0.517. The zero-order valence-electron chi connectivity index (χ0n) is 21.7. The quantitative estimate of drug-likeness (QED) is 0.516. The molecule has 2 bridgehead atoms. The van der Waals surface area contributed by atoms with Gasteiger partial charge in [0.05, 0.1) is 32.8 Å². The highest BCUT2D eigenvalue weighted by atomic mass is 35.5. The first-order valence-electron chi connectivity index (χ1n) is 12.3. The van der Waals surface area contributed by atoms with Crippen LogP contribution in [0.15, 0.2) is 35.2 Å². The minimum atomic E-state index is -3.89. The highest BCUT2D eigenvalue weighted by molar-refractivity contribution is 7.89. The van der Waals surface area contributed by atoms with Gasteiger partial charge in [0.2, 0.25) is 10.0 Å². The van der Waals surface area contributed by atoms with Gasteiger partial charge < -0.3 is 19.6 Å². The molecule has 1 amide bonds. The maximum Gasteiger partial charge on any atom is 0.255 e. The second-order valence-electron chi connectivity index (χ2n) is 10.6. The summed E-state index contributed by atoms with van der Waals surface area (Å²) in [6, 6.07) is 6.37. The Bertz CT molecular complexity index is 1320. The number of aliphatic hydroxyl groups excluding tert-OH is 1. The molecule has 2 aliphatic heterocycles. The standard InChI is InChI=1S/C26H32Cl2FN3O5S/c1-26(2,3)30(4)38(35,36)19-12-22(28)24(37-10-9-33)23(13-19)32-17-6-7-18(32)15-31(14-17)25(34)20-8-5-16(29)11-21(20)27/h5,8,11-13,17-18,33H,6-7,9-10,14-15H2,1-4H3. The molecular weight excluding hydrogens is 556 g/mol. The third kappa shape index (κ3) is 5.47. The lowest BCUT2D eigenvalue weighted by Crippen LogP contribution is -2.55. The van der Waals surface area contributed by atoms with Crippen molar-refractivity contribution in [3.63, 3.8) is 0 Å². The van der Waals surface area contributed by atoms with Crippen LogP contribution in [0, 0.1) is 5.82 Å². The van der Waals surface area contributed by atoms with Gasteiger partial charge in [-0.15, -0.1) is 0 Å². The molecule has 0 saturated carbocycles. The molecule has 2 fully saturated rings. The Morgan fingerprint density at radius 1 is 1.13 bits per heavy atom. The lowest BCUT2D eigenvalue weighted by molar-refractivity contribution is 0.0717. The van der Waals surface area contributed by atoms with Gasteiger partial charge in [-0.3, -0.25) is 4.79 Å². The zero-order valence-corrected chi connectivity index (χ0v) is 24.1. The molecule has 0 aliphatic carbocycles. The number of piperazine rings is 1. The summed E-state index contributed by atoms with van der Waals surface area (Å²) in [7, 11) is -2.37. The Morgan fingerprint density at radius 2 is 1.76 bits per heavy atom. The summed E-state index contributed by atoms with van der Waals surface area (Å²) < 4.78 is 47.6. The summed E-state index contributed by atoms with van der Waals surface area (Å²) in [5.41, 5.74) is 0.0740. The SMILES string of the molecule is CN(C(C)(C)C)S(=O)(=O)c1cc(Cl)c(OCCO)c(N2C3CCC2CN(C(=O)c2ccc(F)cc2Cl)C3)c1. The normalized spacial score (nSPS) is 19.8. The van der Waals surface area contributed by atoms with Crippen LogP contribution in [0.4, 0.5) is 10.1 Å². The third-order valence-electron chi connectivity index (χ3n) is 7.15. The first-order chi connectivity index (χ1) is 17.8. The molecule has 2 saturated heterocycles. The van der Waals surface area contributed by atoms with Crippen LogP contribution in [-0.2, 0) is 10.0 Å². The van der Waals surface area contributed by atoms with E-state index in [0.29, 0.717) is 18.8 Å². The van der Waals surface area contributed by atoms with E-state index < -0.39 is 21.4 Å². The summed E-state index contributed by atoms with van der Waals surface area (Å²) in [6.07, 6.45) is 1.53. The van der Waals surface area contributed by atoms with Gasteiger partial charge in [-0.25, -0.2) is 12.8 Å². The average molecular weight is 589 g/mol. The first-order valence-corrected chi connectivity index (χ1v) is 14.5. The van der Waals surface area contributed by atoms with Crippen molar-refractivity contribution in [1.29, 1.82) is 0 Å². The molecule has 208 valence electrons. The molecule has 0 radical (unpaired) electrons. The lowest BCUT2D eigenvalue weighted by atomic mass is 10.1. The van der Waals surface area contributed by atoms with E-state index in [0.717, 1.165) is 18.9 Å². The number of aliphatic hydroxyl groups is 1. The topological polar surface area (TPSA) is 90.4 Å². The van der Waals surface area contributed by atoms with Crippen molar-refractivity contribution in [2.75, 3.05) is 38.3 Å². The Kier molecular flexibility index (Phi) is 8.22. The smallest absolute Gasteiger partial charge is 0.255 e. The van der Waals surface area contributed by atoms with Gasteiger partial charge >= 0.3 is 0 Å². The average Bonchev–Trinajstić information content (AvgIpc) is 3.09. The molecule has 1 N–H and O–H groups in total. The number of hydrogen-bond donors (Lipinski definition) is 1. The molecule has 0 spiro atoms. The molecule has 2 unspecified atom stereocenters. The van der Waals surface area contributed by atoms with Gasteiger partial charge in [-0.05, 0) is 63.9 Å². The predicted octanol–water partition coefficient (Wildman–Crippen LogP) is 4.42. The van der Waals surface area contributed by atoms with E-state index in [2.05, 4.69) is 4.90 Å². The number of rotatable bonds is 7. The maximum absolute atomic E-state index is 13.5. The number of amides is 1. The number of benzene rings is 2. The van der Waals surface area contributed by atoms with Crippen LogP contribution in [-0.4, -0.2) is 79.6 Å². The van der Waals surface area contributed by atoms with Gasteiger partial charge in [0, 0.05) is 37.8 Å². The molecule has 0 aromatic heterocycles. The molecule has 12 heteroatoms. The van der Waals surface area contributed by atoms with Crippen molar-refractivity contribution < 1.29 is 27.4 Å². The second kappa shape index (κ2) is 10.8. The number of sulfonamides is 1. The number of carbonyl (C=O) groups is 1. The monoisotopic (exact) mass is 587 g/mol. The van der Waals surface area contributed by atoms with Crippen molar-refractivity contribution in [2.45, 2.75) is 56.1 Å². The number of hydrogen-bond acceptors (Lipinski definition) is 6. The number of ether oxygens (including phenoxy) is 1. The Morgan fingerprint density at radius 3 is 2.32 bits per heavy atom. The fourth-order valence-corrected chi connectivity index (χ4v) is 7.15. The van der Waals surface area contributed by atoms with Crippen molar-refractivity contribution in [3.05, 3.63) is 51.8 Å². The van der Waals surface area contributed by atoms with E-state index in [-0.39, 0.29) is 57.5 Å². The van der Waals surface area contributed by atoms with Gasteiger partial charge in [0.15, 0.2) is 5.75 Å². The van der Waals surface area contributed by atoms with E-state index in [1.165, 1.54) is 29.6 Å². The molecule has 2 heterocycles. The van der Waals surface area contributed by atoms with E-state index in [9.17, 15) is 22.7 Å². The number of fused-ring (bicyclic) bond motifs is 2. The minimum absolute atomic E-state index is 0.0163. The molecule has 2 aromatic carbocycles. The van der Waals surface area contributed by atoms with E-state index in [1.807, 2.05) is 0 Å². The van der Waals surface area contributed by atoms with Crippen LogP contribution < -0.4 is 9.64 Å². The predicted molar refractivity (Wildman–Crippen MR) is 145 cm³/mol. The minimum Gasteiger partial charge on any atom is -0.487 e. The highest BCUT2D eigenvalue weighted by Gasteiger charge is 2.44. The first kappa shape index (κ1) is 28.9. The molecule has 8 nitrogen and oxygen atoms in total. The zero-order chi connectivity index (χ0) is 28.0. The lowest BCUT2D eigenvalue weighted by Gasteiger charge is -2.43. The van der Waals surface area contributed by atoms with Gasteiger partial charge in [-0.1, -0.05) is 23.2 Å².